The van der Waals surface area contributed by atoms with Gasteiger partial charge in [0.05, 0.1) is 4.75 Å². The molecule has 2 heterocycles. The number of nitrogens with zero attached hydrogens (tertiary/aromatic N) is 2. The molecule has 0 bridgehead atoms. The molecule has 0 aliphatic heterocycles. The fourth-order valence-electron chi connectivity index (χ4n) is 3.12. The van der Waals surface area contributed by atoms with Crippen LogP contribution in [0.1, 0.15) is 52.0 Å². The zero-order valence-electron chi connectivity index (χ0n) is 15.9. The maximum Gasteiger partial charge on any atom is 0.297 e. The van der Waals surface area contributed by atoms with Crippen LogP contribution in [0, 0.1) is 12.8 Å². The van der Waals surface area contributed by atoms with Crippen molar-refractivity contribution in [3.05, 3.63) is 17.8 Å². The van der Waals surface area contributed by atoms with Crippen molar-refractivity contribution in [3.8, 4) is 0 Å². The Hall–Kier alpha value is -1.67. The van der Waals surface area contributed by atoms with Gasteiger partial charge in [0.25, 0.3) is 6.01 Å². The van der Waals surface area contributed by atoms with Gasteiger partial charge in [-0.25, -0.2) is 18.1 Å². The summed E-state index contributed by atoms with van der Waals surface area (Å²) >= 11 is 0. The maximum absolute atomic E-state index is 12.2. The van der Waals surface area contributed by atoms with Gasteiger partial charge in [0.2, 0.25) is 15.7 Å². The van der Waals surface area contributed by atoms with Crippen molar-refractivity contribution >= 4 is 27.3 Å². The Morgan fingerprint density at radius 2 is 1.92 bits per heavy atom. The zero-order valence-corrected chi connectivity index (χ0v) is 16.7. The van der Waals surface area contributed by atoms with Crippen LogP contribution in [0.4, 0.5) is 6.01 Å². The Morgan fingerprint density at radius 1 is 1.23 bits per heavy atom. The molecule has 26 heavy (non-hydrogen) atoms. The fraction of sp³-hybridized carbons (Fsp3) is 0.667. The van der Waals surface area contributed by atoms with Crippen molar-refractivity contribution in [1.82, 2.24) is 14.7 Å². The van der Waals surface area contributed by atoms with Gasteiger partial charge in [0.1, 0.15) is 5.52 Å². The Labute approximate surface area is 155 Å². The quantitative estimate of drug-likeness (QED) is 0.827. The van der Waals surface area contributed by atoms with E-state index in [1.807, 2.05) is 13.0 Å². The number of pyridine rings is 1. The van der Waals surface area contributed by atoms with Crippen LogP contribution in [0.15, 0.2) is 16.7 Å². The topological polar surface area (TPSA) is 97.1 Å². The maximum atomic E-state index is 12.2. The van der Waals surface area contributed by atoms with Crippen LogP contribution in [0.2, 0.25) is 0 Å². The van der Waals surface area contributed by atoms with E-state index in [0.29, 0.717) is 30.2 Å². The van der Waals surface area contributed by atoms with E-state index in [4.69, 9.17) is 4.42 Å². The Bertz CT molecular complexity index is 862. The standard InChI is InChI=1S/C18H28N4O3S/c1-12-9-15-16(19-10-12)25-17(22-15)21-14-7-5-13(6-8-14)11-20-26(23,24)18(2,3)4/h9-10,13-14,20H,5-8,11H2,1-4H3,(H,21,22). The van der Waals surface area contributed by atoms with E-state index in [-0.39, 0.29) is 0 Å². The highest BCUT2D eigenvalue weighted by Gasteiger charge is 2.30. The van der Waals surface area contributed by atoms with Crippen LogP contribution in [0.5, 0.6) is 0 Å². The zero-order chi connectivity index (χ0) is 18.9. The van der Waals surface area contributed by atoms with Gasteiger partial charge in [-0.2, -0.15) is 4.98 Å². The van der Waals surface area contributed by atoms with Crippen LogP contribution >= 0.6 is 0 Å². The molecule has 0 aromatic carbocycles. The van der Waals surface area contributed by atoms with Gasteiger partial charge in [0.15, 0.2) is 0 Å². The molecule has 8 heteroatoms. The summed E-state index contributed by atoms with van der Waals surface area (Å²) in [6.07, 6.45) is 5.64. The average molecular weight is 381 g/mol. The summed E-state index contributed by atoms with van der Waals surface area (Å²) in [5.41, 5.74) is 2.36. The lowest BCUT2D eigenvalue weighted by Gasteiger charge is -2.29. The number of hydrogen-bond donors (Lipinski definition) is 2. The van der Waals surface area contributed by atoms with Gasteiger partial charge < -0.3 is 9.73 Å². The molecule has 1 aliphatic rings. The van der Waals surface area contributed by atoms with Crippen molar-refractivity contribution in [3.63, 3.8) is 0 Å². The normalized spacial score (nSPS) is 21.8. The summed E-state index contributed by atoms with van der Waals surface area (Å²) in [6.45, 7) is 7.63. The smallest absolute Gasteiger partial charge is 0.297 e. The molecule has 0 spiro atoms. The minimum absolute atomic E-state index is 0.291. The molecule has 0 saturated heterocycles. The molecule has 7 nitrogen and oxygen atoms in total. The number of hydrogen-bond acceptors (Lipinski definition) is 6. The van der Waals surface area contributed by atoms with Gasteiger partial charge in [-0.3, -0.25) is 0 Å². The number of fused-ring (bicyclic) bond motifs is 1. The second-order valence-electron chi connectivity index (χ2n) is 8.18. The molecular formula is C18H28N4O3S. The molecule has 2 N–H and O–H groups in total. The second kappa shape index (κ2) is 7.15. The summed E-state index contributed by atoms with van der Waals surface area (Å²) in [5.74, 6) is 0.373. The molecule has 144 valence electrons. The summed E-state index contributed by atoms with van der Waals surface area (Å²) in [7, 11) is -3.28. The van der Waals surface area contributed by atoms with Crippen molar-refractivity contribution in [2.45, 2.75) is 64.2 Å². The molecule has 0 radical (unpaired) electrons. The molecule has 0 atom stereocenters. The van der Waals surface area contributed by atoms with E-state index in [1.54, 1.807) is 27.0 Å². The fourth-order valence-corrected chi connectivity index (χ4v) is 4.00. The first-order chi connectivity index (χ1) is 12.1. The first kappa shape index (κ1) is 19.1. The monoisotopic (exact) mass is 380 g/mol. The number of anilines is 1. The third kappa shape index (κ3) is 4.35. The number of nitrogens with one attached hydrogen (secondary N) is 2. The molecule has 1 aliphatic carbocycles. The Kier molecular flexibility index (Phi) is 5.25. The molecule has 0 amide bonds. The minimum Gasteiger partial charge on any atom is -0.404 e. The summed E-state index contributed by atoms with van der Waals surface area (Å²) in [5, 5.41) is 3.35. The number of oxazole rings is 1. The number of rotatable bonds is 5. The van der Waals surface area contributed by atoms with Crippen molar-refractivity contribution < 1.29 is 12.8 Å². The van der Waals surface area contributed by atoms with Crippen molar-refractivity contribution in [1.29, 1.82) is 0 Å². The largest absolute Gasteiger partial charge is 0.404 e. The minimum atomic E-state index is -3.28. The third-order valence-corrected chi connectivity index (χ3v) is 7.09. The predicted molar refractivity (Wildman–Crippen MR) is 103 cm³/mol. The summed E-state index contributed by atoms with van der Waals surface area (Å²) in [6, 6.07) is 2.75. The number of aromatic nitrogens is 2. The second-order valence-corrected chi connectivity index (χ2v) is 10.7. The van der Waals surface area contributed by atoms with Crippen LogP contribution in [-0.4, -0.2) is 35.7 Å². The highest BCUT2D eigenvalue weighted by molar-refractivity contribution is 7.90. The predicted octanol–water partition coefficient (Wildman–Crippen LogP) is 3.22. The number of aryl methyl sites for hydroxylation is 1. The lowest BCUT2D eigenvalue weighted by molar-refractivity contribution is 0.333. The summed E-state index contributed by atoms with van der Waals surface area (Å²) < 4.78 is 32.0. The molecule has 2 aromatic heterocycles. The molecule has 2 aromatic rings. The molecule has 0 unspecified atom stereocenters. The molecule has 1 fully saturated rings. The van der Waals surface area contributed by atoms with E-state index < -0.39 is 14.8 Å². The summed E-state index contributed by atoms with van der Waals surface area (Å²) in [4.78, 5) is 8.69. The first-order valence-electron chi connectivity index (χ1n) is 9.13. The lowest BCUT2D eigenvalue weighted by Crippen LogP contribution is -2.42. The van der Waals surface area contributed by atoms with Crippen LogP contribution in [0.25, 0.3) is 11.2 Å². The molecule has 3 rings (SSSR count). The van der Waals surface area contributed by atoms with Gasteiger partial charge >= 0.3 is 0 Å². The van der Waals surface area contributed by atoms with E-state index in [9.17, 15) is 8.42 Å². The van der Waals surface area contributed by atoms with Crippen LogP contribution < -0.4 is 10.0 Å². The van der Waals surface area contributed by atoms with Crippen LogP contribution in [0.3, 0.4) is 0 Å². The van der Waals surface area contributed by atoms with E-state index >= 15 is 0 Å². The first-order valence-corrected chi connectivity index (χ1v) is 10.6. The van der Waals surface area contributed by atoms with E-state index in [1.165, 1.54) is 0 Å². The van der Waals surface area contributed by atoms with Gasteiger partial charge in [-0.05, 0) is 70.9 Å². The SMILES string of the molecule is Cc1cnc2oc(NC3CCC(CNS(=O)(=O)C(C)(C)C)CC3)nc2c1. The molecular weight excluding hydrogens is 352 g/mol. The van der Waals surface area contributed by atoms with Crippen LogP contribution in [-0.2, 0) is 10.0 Å². The van der Waals surface area contributed by atoms with Gasteiger partial charge in [0, 0.05) is 18.8 Å². The van der Waals surface area contributed by atoms with E-state index in [2.05, 4.69) is 20.0 Å². The van der Waals surface area contributed by atoms with E-state index in [0.717, 1.165) is 36.8 Å². The Balaban J connectivity index is 1.50. The average Bonchev–Trinajstić information content (AvgIpc) is 2.94. The van der Waals surface area contributed by atoms with Crippen molar-refractivity contribution in [2.24, 2.45) is 5.92 Å². The van der Waals surface area contributed by atoms with Crippen molar-refractivity contribution in [2.75, 3.05) is 11.9 Å². The highest BCUT2D eigenvalue weighted by Crippen LogP contribution is 2.27. The lowest BCUT2D eigenvalue weighted by atomic mass is 9.86. The Morgan fingerprint density at radius 3 is 2.58 bits per heavy atom. The molecule has 1 saturated carbocycles. The highest BCUT2D eigenvalue weighted by atomic mass is 32.2. The third-order valence-electron chi connectivity index (χ3n) is 4.93. The van der Waals surface area contributed by atoms with Gasteiger partial charge in [-0.15, -0.1) is 0 Å². The number of sulfonamides is 1. The van der Waals surface area contributed by atoms with Gasteiger partial charge in [-0.1, -0.05) is 0 Å².